The summed E-state index contributed by atoms with van der Waals surface area (Å²) >= 11 is 0. The summed E-state index contributed by atoms with van der Waals surface area (Å²) in [7, 11) is 0. The molecule has 0 heterocycles. The third-order valence-corrected chi connectivity index (χ3v) is 3.56. The van der Waals surface area contributed by atoms with Crippen LogP contribution in [0.2, 0.25) is 0 Å². The summed E-state index contributed by atoms with van der Waals surface area (Å²) in [6.45, 7) is 3.12. The van der Waals surface area contributed by atoms with E-state index in [1.54, 1.807) is 26.0 Å². The van der Waals surface area contributed by atoms with E-state index in [1.807, 2.05) is 18.2 Å². The molecule has 148 valence electrons. The first-order valence-electron chi connectivity index (χ1n) is 8.53. The van der Waals surface area contributed by atoms with Crippen LogP contribution in [0.3, 0.4) is 0 Å². The first-order chi connectivity index (χ1) is 12.8. The van der Waals surface area contributed by atoms with E-state index in [0.717, 1.165) is 5.56 Å². The number of esters is 1. The highest BCUT2D eigenvalue weighted by Gasteiger charge is 2.25. The molecular formula is C18H25N3O6. The van der Waals surface area contributed by atoms with Crippen molar-refractivity contribution in [3.8, 4) is 0 Å². The summed E-state index contributed by atoms with van der Waals surface area (Å²) in [5.74, 6) is -2.52. The van der Waals surface area contributed by atoms with Gasteiger partial charge in [0.05, 0.1) is 12.5 Å². The molecule has 0 aliphatic heterocycles. The number of primary amides is 1. The van der Waals surface area contributed by atoms with Gasteiger partial charge in [0.1, 0.15) is 19.2 Å². The second-order valence-corrected chi connectivity index (χ2v) is 5.83. The number of carbonyl (C=O) groups excluding carboxylic acids is 4. The number of amides is 3. The van der Waals surface area contributed by atoms with Crippen LogP contribution in [0.5, 0.6) is 0 Å². The highest BCUT2D eigenvalue weighted by molar-refractivity contribution is 5.89. The summed E-state index contributed by atoms with van der Waals surface area (Å²) in [5, 5.41) is 4.66. The number of carbonyl (C=O) groups is 4. The zero-order valence-corrected chi connectivity index (χ0v) is 15.4. The number of hydrogen-bond donors (Lipinski definition) is 3. The maximum Gasteiger partial charge on any atom is 0.407 e. The minimum atomic E-state index is -1.06. The Labute approximate surface area is 157 Å². The summed E-state index contributed by atoms with van der Waals surface area (Å²) in [6, 6.07) is 7.99. The van der Waals surface area contributed by atoms with Crippen LogP contribution in [0.15, 0.2) is 30.3 Å². The molecule has 3 amide bonds. The van der Waals surface area contributed by atoms with Gasteiger partial charge < -0.3 is 25.8 Å². The van der Waals surface area contributed by atoms with Gasteiger partial charge in [0.2, 0.25) is 11.8 Å². The lowest BCUT2D eigenvalue weighted by Crippen LogP contribution is -2.49. The van der Waals surface area contributed by atoms with E-state index in [-0.39, 0.29) is 19.6 Å². The van der Waals surface area contributed by atoms with Crippen molar-refractivity contribution in [2.45, 2.75) is 32.9 Å². The molecule has 0 saturated carbocycles. The molecule has 0 aliphatic rings. The predicted molar refractivity (Wildman–Crippen MR) is 96.2 cm³/mol. The Morgan fingerprint density at radius 1 is 1.11 bits per heavy atom. The molecule has 9 nitrogen and oxygen atoms in total. The third kappa shape index (κ3) is 8.70. The maximum atomic E-state index is 11.9. The van der Waals surface area contributed by atoms with Gasteiger partial charge in [-0.1, -0.05) is 37.3 Å². The zero-order valence-electron chi connectivity index (χ0n) is 15.4. The van der Waals surface area contributed by atoms with E-state index in [0.29, 0.717) is 0 Å². The van der Waals surface area contributed by atoms with Crippen LogP contribution >= 0.6 is 0 Å². The molecule has 1 aromatic rings. The summed E-state index contributed by atoms with van der Waals surface area (Å²) in [4.78, 5) is 46.6. The Kier molecular flexibility index (Phi) is 9.35. The summed E-state index contributed by atoms with van der Waals surface area (Å²) in [5.41, 5.74) is 6.06. The van der Waals surface area contributed by atoms with Crippen LogP contribution in [0, 0.1) is 5.92 Å². The number of benzene rings is 1. The molecule has 0 saturated heterocycles. The number of alkyl carbamates (subject to hydrolysis) is 1. The molecule has 0 bridgehead atoms. The molecule has 27 heavy (non-hydrogen) atoms. The van der Waals surface area contributed by atoms with Gasteiger partial charge in [0.15, 0.2) is 0 Å². The van der Waals surface area contributed by atoms with Gasteiger partial charge >= 0.3 is 12.1 Å². The van der Waals surface area contributed by atoms with Crippen LogP contribution in [-0.4, -0.2) is 43.1 Å². The fourth-order valence-corrected chi connectivity index (χ4v) is 2.15. The van der Waals surface area contributed by atoms with E-state index in [4.69, 9.17) is 15.2 Å². The average molecular weight is 379 g/mol. The van der Waals surface area contributed by atoms with E-state index < -0.39 is 42.4 Å². The molecule has 0 aromatic heterocycles. The first-order valence-corrected chi connectivity index (χ1v) is 8.53. The predicted octanol–water partition coefficient (Wildman–Crippen LogP) is 0.472. The third-order valence-electron chi connectivity index (χ3n) is 3.56. The van der Waals surface area contributed by atoms with Crippen molar-refractivity contribution in [2.24, 2.45) is 11.7 Å². The number of rotatable bonds is 10. The lowest BCUT2D eigenvalue weighted by molar-refractivity contribution is -0.148. The van der Waals surface area contributed by atoms with Crippen LogP contribution < -0.4 is 16.4 Å². The Bertz CT molecular complexity index is 650. The van der Waals surface area contributed by atoms with Crippen molar-refractivity contribution in [3.05, 3.63) is 35.9 Å². The van der Waals surface area contributed by atoms with Gasteiger partial charge in [-0.05, 0) is 18.9 Å². The Morgan fingerprint density at radius 3 is 2.37 bits per heavy atom. The maximum absolute atomic E-state index is 11.9. The van der Waals surface area contributed by atoms with Crippen LogP contribution in [0.1, 0.15) is 25.8 Å². The average Bonchev–Trinajstić information content (AvgIpc) is 2.65. The lowest BCUT2D eigenvalue weighted by Gasteiger charge is -2.19. The summed E-state index contributed by atoms with van der Waals surface area (Å²) in [6.07, 6.45) is -0.775. The number of nitrogens with one attached hydrogen (secondary N) is 2. The molecule has 1 aromatic carbocycles. The van der Waals surface area contributed by atoms with Gasteiger partial charge in [-0.2, -0.15) is 0 Å². The van der Waals surface area contributed by atoms with E-state index in [2.05, 4.69) is 10.6 Å². The lowest BCUT2D eigenvalue weighted by atomic mass is 10.0. The molecule has 1 rings (SSSR count). The second kappa shape index (κ2) is 11.5. The van der Waals surface area contributed by atoms with Crippen molar-refractivity contribution < 1.29 is 28.7 Å². The van der Waals surface area contributed by atoms with Gasteiger partial charge in [-0.25, -0.2) is 4.79 Å². The van der Waals surface area contributed by atoms with Crippen molar-refractivity contribution in [2.75, 3.05) is 13.2 Å². The quantitative estimate of drug-likeness (QED) is 0.506. The molecule has 4 N–H and O–H groups in total. The molecule has 0 fully saturated rings. The highest BCUT2D eigenvalue weighted by Crippen LogP contribution is 2.08. The standard InChI is InChI=1S/C18H25N3O6/c1-3-26-17(24)12(2)9-14(16(19)23)21-15(22)10-20-18(25)27-11-13-7-5-4-6-8-13/h4-8,12,14H,3,9-11H2,1-2H3,(H2,19,23)(H,20,25)(H,21,22)/t12-,14-/m1/s1. The van der Waals surface area contributed by atoms with Crippen molar-refractivity contribution >= 4 is 23.9 Å². The van der Waals surface area contributed by atoms with Crippen molar-refractivity contribution in [1.29, 1.82) is 0 Å². The molecular weight excluding hydrogens is 354 g/mol. The Morgan fingerprint density at radius 2 is 1.78 bits per heavy atom. The largest absolute Gasteiger partial charge is 0.466 e. The second-order valence-electron chi connectivity index (χ2n) is 5.83. The van der Waals surface area contributed by atoms with E-state index in [9.17, 15) is 19.2 Å². The van der Waals surface area contributed by atoms with Crippen molar-refractivity contribution in [3.63, 3.8) is 0 Å². The number of ether oxygens (including phenoxy) is 2. The Hall–Kier alpha value is -3.10. The molecule has 0 aliphatic carbocycles. The normalized spacial score (nSPS) is 12.4. The van der Waals surface area contributed by atoms with Gasteiger partial charge in [0, 0.05) is 0 Å². The molecule has 0 radical (unpaired) electrons. The van der Waals surface area contributed by atoms with Gasteiger partial charge in [-0.3, -0.25) is 14.4 Å². The van der Waals surface area contributed by atoms with Gasteiger partial charge in [0.25, 0.3) is 0 Å². The molecule has 9 heteroatoms. The topological polar surface area (TPSA) is 137 Å². The highest BCUT2D eigenvalue weighted by atomic mass is 16.5. The monoisotopic (exact) mass is 379 g/mol. The van der Waals surface area contributed by atoms with Crippen LogP contribution in [-0.2, 0) is 30.5 Å². The van der Waals surface area contributed by atoms with E-state index >= 15 is 0 Å². The first kappa shape index (κ1) is 21.9. The zero-order chi connectivity index (χ0) is 20.2. The van der Waals surface area contributed by atoms with Crippen LogP contribution in [0.25, 0.3) is 0 Å². The number of hydrogen-bond acceptors (Lipinski definition) is 6. The Balaban J connectivity index is 2.39. The fourth-order valence-electron chi connectivity index (χ4n) is 2.15. The molecule has 0 spiro atoms. The summed E-state index contributed by atoms with van der Waals surface area (Å²) < 4.78 is 9.83. The SMILES string of the molecule is CCOC(=O)[C@H](C)C[C@@H](NC(=O)CNC(=O)OCc1ccccc1)C(N)=O. The molecule has 0 unspecified atom stereocenters. The van der Waals surface area contributed by atoms with Gasteiger partial charge in [-0.15, -0.1) is 0 Å². The fraction of sp³-hybridized carbons (Fsp3) is 0.444. The smallest absolute Gasteiger partial charge is 0.407 e. The van der Waals surface area contributed by atoms with Crippen LogP contribution in [0.4, 0.5) is 4.79 Å². The van der Waals surface area contributed by atoms with E-state index in [1.165, 1.54) is 0 Å². The number of nitrogens with two attached hydrogens (primary N) is 1. The minimum absolute atomic E-state index is 0.00163. The van der Waals surface area contributed by atoms with Crippen molar-refractivity contribution in [1.82, 2.24) is 10.6 Å². The minimum Gasteiger partial charge on any atom is -0.466 e. The molecule has 2 atom stereocenters.